The van der Waals surface area contributed by atoms with Crippen molar-refractivity contribution in [1.29, 1.82) is 0 Å². The minimum atomic E-state index is -0.971. The smallest absolute Gasteiger partial charge is 0.343 e. The summed E-state index contributed by atoms with van der Waals surface area (Å²) in [4.78, 5) is 32.7. The molecule has 0 spiro atoms. The summed E-state index contributed by atoms with van der Waals surface area (Å²) >= 11 is 0. The second-order valence-corrected chi connectivity index (χ2v) is 12.0. The van der Waals surface area contributed by atoms with E-state index in [-0.39, 0.29) is 25.8 Å². The van der Waals surface area contributed by atoms with E-state index >= 15 is 0 Å². The molecule has 0 aliphatic carbocycles. The van der Waals surface area contributed by atoms with Gasteiger partial charge in [-0.1, -0.05) is 18.2 Å². The summed E-state index contributed by atoms with van der Waals surface area (Å²) < 4.78 is 31.6. The number of methoxy groups -OCH3 is 2. The number of aromatic nitrogens is 3. The molecule has 0 saturated carbocycles. The largest absolute Gasteiger partial charge is 0.481 e. The van der Waals surface area contributed by atoms with Crippen LogP contribution in [0.2, 0.25) is 0 Å². The van der Waals surface area contributed by atoms with Gasteiger partial charge < -0.3 is 58.9 Å². The maximum absolute atomic E-state index is 11.1. The number of ether oxygens (including phenoxy) is 5. The number of carboxylic acids is 1. The zero-order valence-corrected chi connectivity index (χ0v) is 31.7. The fourth-order valence-corrected chi connectivity index (χ4v) is 5.68. The highest BCUT2D eigenvalue weighted by atomic mass is 16.6. The average molecular weight is 759 g/mol. The Balaban J connectivity index is 0.000000184. The van der Waals surface area contributed by atoms with Gasteiger partial charge in [0, 0.05) is 74.0 Å². The molecule has 5 N–H and O–H groups in total. The number of nitrogens with zero attached hydrogens (tertiary/aromatic N) is 3. The number of carbonyl (C=O) groups is 3. The second kappa shape index (κ2) is 21.6. The Morgan fingerprint density at radius 2 is 0.945 bits per heavy atom. The van der Waals surface area contributed by atoms with Crippen molar-refractivity contribution in [1.82, 2.24) is 24.3 Å². The number of aliphatic carboxylic acids is 1. The molecular formula is C40H50N6O9. The lowest BCUT2D eigenvalue weighted by atomic mass is 10.2. The van der Waals surface area contributed by atoms with E-state index < -0.39 is 11.9 Å². The first-order valence-corrected chi connectivity index (χ1v) is 17.7. The fourth-order valence-electron chi connectivity index (χ4n) is 5.68. The molecule has 6 rings (SSSR count). The average Bonchev–Trinajstić information content (AvgIpc) is 3.95. The lowest BCUT2D eigenvalue weighted by Crippen LogP contribution is -2.14. The Kier molecular flexibility index (Phi) is 16.4. The molecule has 0 aliphatic heterocycles. The molecule has 0 bridgehead atoms. The zero-order valence-electron chi connectivity index (χ0n) is 31.7. The number of fused-ring (bicyclic) bond motifs is 3. The van der Waals surface area contributed by atoms with Crippen molar-refractivity contribution in [3.63, 3.8) is 0 Å². The van der Waals surface area contributed by atoms with Crippen LogP contribution in [0.3, 0.4) is 0 Å². The van der Waals surface area contributed by atoms with Crippen LogP contribution in [0.1, 0.15) is 0 Å². The van der Waals surface area contributed by atoms with Gasteiger partial charge in [0.2, 0.25) is 0 Å². The van der Waals surface area contributed by atoms with Crippen LogP contribution >= 0.6 is 0 Å². The van der Waals surface area contributed by atoms with E-state index in [1.165, 1.54) is 14.2 Å². The third-order valence-corrected chi connectivity index (χ3v) is 8.39. The van der Waals surface area contributed by atoms with Gasteiger partial charge in [-0.3, -0.25) is 0 Å². The summed E-state index contributed by atoms with van der Waals surface area (Å²) in [5.74, 6) is 0.236. The number of carbonyl (C=O) groups excluding carboxylic acids is 2. The van der Waals surface area contributed by atoms with Crippen LogP contribution in [0, 0.1) is 0 Å². The normalized spacial score (nSPS) is 10.6. The second-order valence-electron chi connectivity index (χ2n) is 12.0. The van der Waals surface area contributed by atoms with Gasteiger partial charge >= 0.3 is 17.9 Å². The predicted molar refractivity (Wildman–Crippen MR) is 211 cm³/mol. The van der Waals surface area contributed by atoms with Crippen LogP contribution in [0.4, 0.5) is 0 Å². The van der Waals surface area contributed by atoms with Gasteiger partial charge in [-0.05, 0) is 68.7 Å². The molecule has 0 unspecified atom stereocenters. The molecule has 0 aliphatic rings. The van der Waals surface area contributed by atoms with Crippen LogP contribution in [-0.4, -0.2) is 104 Å². The van der Waals surface area contributed by atoms with Crippen molar-refractivity contribution in [2.75, 3.05) is 67.8 Å². The molecule has 3 heterocycles. The van der Waals surface area contributed by atoms with Crippen LogP contribution < -0.4 is 30.6 Å². The summed E-state index contributed by atoms with van der Waals surface area (Å²) in [6, 6.07) is 23.1. The van der Waals surface area contributed by atoms with Crippen molar-refractivity contribution in [3.8, 4) is 17.2 Å². The molecular weight excluding hydrogens is 708 g/mol. The quantitative estimate of drug-likeness (QED) is 0.0987. The Bertz CT molecular complexity index is 2140. The highest BCUT2D eigenvalue weighted by Gasteiger charge is 2.11. The third-order valence-electron chi connectivity index (χ3n) is 8.39. The van der Waals surface area contributed by atoms with E-state index in [4.69, 9.17) is 25.1 Å². The number of nitrogens with one attached hydrogen (secondary N) is 2. The molecule has 3 aromatic heterocycles. The number of esters is 2. The molecule has 55 heavy (non-hydrogen) atoms. The molecule has 0 fully saturated rings. The van der Waals surface area contributed by atoms with Gasteiger partial charge in [-0.25, -0.2) is 14.4 Å². The van der Waals surface area contributed by atoms with Crippen molar-refractivity contribution in [2.45, 2.75) is 19.6 Å². The lowest BCUT2D eigenvalue weighted by molar-refractivity contribution is -0.143. The van der Waals surface area contributed by atoms with Crippen LogP contribution in [0.5, 0.6) is 17.2 Å². The molecule has 294 valence electrons. The molecule has 15 nitrogen and oxygen atoms in total. The number of benzene rings is 3. The van der Waals surface area contributed by atoms with E-state index in [2.05, 4.69) is 33.8 Å². The lowest BCUT2D eigenvalue weighted by Gasteiger charge is -2.08. The highest BCUT2D eigenvalue weighted by molar-refractivity contribution is 5.88. The topological polar surface area (TPSA) is 182 Å². The number of hydrogen-bond donors (Lipinski definition) is 4. The maximum Gasteiger partial charge on any atom is 0.343 e. The Morgan fingerprint density at radius 3 is 1.27 bits per heavy atom. The number of nitrogens with two attached hydrogens (primary N) is 1. The summed E-state index contributed by atoms with van der Waals surface area (Å²) in [7, 11) is 6.52. The molecule has 0 radical (unpaired) electrons. The minimum Gasteiger partial charge on any atom is -0.481 e. The van der Waals surface area contributed by atoms with Crippen molar-refractivity contribution < 1.29 is 43.2 Å². The van der Waals surface area contributed by atoms with Crippen LogP contribution in [-0.2, 0) is 43.5 Å². The number of carboxylic acid groups (broad SMARTS) is 1. The van der Waals surface area contributed by atoms with E-state index in [9.17, 15) is 14.4 Å². The standard InChI is InChI=1S/C14H18N2O3.2C13H16N2O3/c1-15-7-9-16-8-6-11-12(16)4-3-5-13(11)19-10-14(17)18-2;1-17-13(16)9-18-12-4-2-3-11-10(12)5-7-15(11)8-6-14;1-14-6-8-15-7-5-10-11(15)3-2-4-12(10)18-9-13(16)17/h3-6,8,15H,7,9-10H2,1-2H3;2-5,7H,6,8-9,14H2,1H3;2-5,7,14H,6,8-9H2,1H3,(H,16,17). The van der Waals surface area contributed by atoms with E-state index in [0.29, 0.717) is 23.8 Å². The van der Waals surface area contributed by atoms with Gasteiger partial charge in [0.15, 0.2) is 19.8 Å². The molecule has 15 heteroatoms. The number of rotatable bonds is 17. The van der Waals surface area contributed by atoms with Gasteiger partial charge in [-0.2, -0.15) is 0 Å². The number of hydrogen-bond acceptors (Lipinski definition) is 11. The van der Waals surface area contributed by atoms with E-state index in [1.54, 1.807) is 6.07 Å². The molecule has 0 atom stereocenters. The van der Waals surface area contributed by atoms with Gasteiger partial charge in [0.05, 0.1) is 30.8 Å². The zero-order chi connectivity index (χ0) is 39.6. The molecule has 0 saturated heterocycles. The fraction of sp³-hybridized carbons (Fsp3) is 0.325. The van der Waals surface area contributed by atoms with E-state index in [1.807, 2.05) is 99.4 Å². The summed E-state index contributed by atoms with van der Waals surface area (Å²) in [6.07, 6.45) is 5.96. The molecule has 6 aromatic rings. The third kappa shape index (κ3) is 11.7. The van der Waals surface area contributed by atoms with Crippen molar-refractivity contribution in [3.05, 3.63) is 91.4 Å². The SMILES string of the molecule is CNCCn1ccc2c(OCC(=O)O)cccc21.CNCCn1ccc2c(OCC(=O)OC)cccc21.COC(=O)COc1cccc2c1ccn2CCN. The van der Waals surface area contributed by atoms with Crippen molar-refractivity contribution in [2.24, 2.45) is 5.73 Å². The first-order valence-electron chi connectivity index (χ1n) is 17.7. The summed E-state index contributed by atoms with van der Waals surface area (Å²) in [5.41, 5.74) is 8.74. The van der Waals surface area contributed by atoms with Gasteiger partial charge in [-0.15, -0.1) is 0 Å². The minimum absolute atomic E-state index is 0.0721. The first-order chi connectivity index (χ1) is 26.7. The monoisotopic (exact) mass is 758 g/mol. The predicted octanol–water partition coefficient (Wildman–Crippen LogP) is 3.89. The Morgan fingerprint density at radius 1 is 0.582 bits per heavy atom. The summed E-state index contributed by atoms with van der Waals surface area (Å²) in [5, 5.41) is 17.8. The molecule has 0 amide bonds. The number of likely N-dealkylation sites (N-methyl/N-ethyl adjacent to an activating group) is 2. The van der Waals surface area contributed by atoms with Crippen LogP contribution in [0.15, 0.2) is 91.4 Å². The van der Waals surface area contributed by atoms with Gasteiger partial charge in [0.1, 0.15) is 17.2 Å². The Labute approximate surface area is 319 Å². The maximum atomic E-state index is 11.1. The molecule has 3 aromatic carbocycles. The highest BCUT2D eigenvalue weighted by Crippen LogP contribution is 2.28. The first kappa shape index (κ1) is 41.7. The Hall–Kier alpha value is -6.03. The van der Waals surface area contributed by atoms with Crippen molar-refractivity contribution >= 4 is 50.6 Å². The van der Waals surface area contributed by atoms with Crippen LogP contribution in [0.25, 0.3) is 32.7 Å². The van der Waals surface area contributed by atoms with E-state index in [0.717, 1.165) is 65.4 Å². The van der Waals surface area contributed by atoms with Gasteiger partial charge in [0.25, 0.3) is 0 Å². The summed E-state index contributed by atoms with van der Waals surface area (Å²) in [6.45, 7) is 4.39.